The molecule has 5 nitrogen and oxygen atoms in total. The van der Waals surface area contributed by atoms with Gasteiger partial charge in [-0.3, -0.25) is 0 Å². The summed E-state index contributed by atoms with van der Waals surface area (Å²) in [4.78, 5) is 4.08. The van der Waals surface area contributed by atoms with E-state index in [9.17, 15) is 0 Å². The normalized spacial score (nSPS) is 14.2. The predicted octanol–water partition coefficient (Wildman–Crippen LogP) is 2.26. The molecule has 0 unspecified atom stereocenters. The number of methoxy groups -OCH3 is 1. The molecule has 0 saturated heterocycles. The van der Waals surface area contributed by atoms with Crippen LogP contribution in [-0.2, 0) is 20.2 Å². The summed E-state index contributed by atoms with van der Waals surface area (Å²) < 4.78 is 13.2. The van der Waals surface area contributed by atoms with Gasteiger partial charge in [-0.25, -0.2) is 4.98 Å². The van der Waals surface area contributed by atoms with Crippen LogP contribution in [0.5, 0.6) is 11.5 Å². The first kappa shape index (κ1) is 13.9. The average Bonchev–Trinajstić information content (AvgIpc) is 3.25. The second kappa shape index (κ2) is 6.18. The number of hydrogen-bond acceptors (Lipinski definition) is 4. The Balaban J connectivity index is 1.64. The molecule has 1 fully saturated rings. The molecular weight excluding hydrogens is 266 g/mol. The van der Waals surface area contributed by atoms with Crippen molar-refractivity contribution < 1.29 is 9.47 Å². The van der Waals surface area contributed by atoms with Crippen LogP contribution < -0.4 is 14.8 Å². The lowest BCUT2D eigenvalue weighted by Crippen LogP contribution is -2.15. The van der Waals surface area contributed by atoms with Gasteiger partial charge in [0.05, 0.1) is 25.3 Å². The van der Waals surface area contributed by atoms with E-state index in [1.165, 1.54) is 18.4 Å². The molecule has 3 rings (SSSR count). The fourth-order valence-electron chi connectivity index (χ4n) is 2.17. The van der Waals surface area contributed by atoms with E-state index in [0.29, 0.717) is 12.6 Å². The molecule has 21 heavy (non-hydrogen) atoms. The Labute approximate surface area is 124 Å². The lowest BCUT2D eigenvalue weighted by atomic mass is 10.2. The summed E-state index contributed by atoms with van der Waals surface area (Å²) in [5.41, 5.74) is 2.24. The molecule has 1 aromatic carbocycles. The minimum Gasteiger partial charge on any atom is -0.493 e. The van der Waals surface area contributed by atoms with Gasteiger partial charge in [-0.1, -0.05) is 6.07 Å². The van der Waals surface area contributed by atoms with Crippen molar-refractivity contribution in [2.75, 3.05) is 7.11 Å². The second-order valence-corrected chi connectivity index (χ2v) is 5.42. The largest absolute Gasteiger partial charge is 0.493 e. The molecule has 1 aliphatic carbocycles. The summed E-state index contributed by atoms with van der Waals surface area (Å²) >= 11 is 0. The van der Waals surface area contributed by atoms with E-state index in [-0.39, 0.29) is 0 Å². The van der Waals surface area contributed by atoms with E-state index in [1.54, 1.807) is 19.6 Å². The minimum atomic E-state index is 0.479. The van der Waals surface area contributed by atoms with Gasteiger partial charge in [-0.2, -0.15) is 0 Å². The Hall–Kier alpha value is -2.01. The Morgan fingerprint density at radius 3 is 2.86 bits per heavy atom. The first-order valence-corrected chi connectivity index (χ1v) is 7.24. The molecule has 1 saturated carbocycles. The monoisotopic (exact) mass is 287 g/mol. The third-order valence-corrected chi connectivity index (χ3v) is 3.69. The molecule has 2 aromatic rings. The van der Waals surface area contributed by atoms with Gasteiger partial charge in [-0.15, -0.1) is 0 Å². The minimum absolute atomic E-state index is 0.479. The second-order valence-electron chi connectivity index (χ2n) is 5.42. The molecule has 0 aliphatic heterocycles. The fraction of sp³-hybridized carbons (Fsp3) is 0.438. The molecule has 1 heterocycles. The molecule has 0 radical (unpaired) electrons. The van der Waals surface area contributed by atoms with Gasteiger partial charge in [0.25, 0.3) is 0 Å². The smallest absolute Gasteiger partial charge is 0.161 e. The van der Waals surface area contributed by atoms with Crippen molar-refractivity contribution in [1.82, 2.24) is 14.9 Å². The fourth-order valence-corrected chi connectivity index (χ4v) is 2.17. The molecule has 0 atom stereocenters. The number of imidazole rings is 1. The van der Waals surface area contributed by atoms with Crippen molar-refractivity contribution in [2.45, 2.75) is 32.0 Å². The summed E-state index contributed by atoms with van der Waals surface area (Å²) in [5, 5.41) is 3.50. The zero-order chi connectivity index (χ0) is 14.7. The van der Waals surface area contributed by atoms with Gasteiger partial charge in [0.1, 0.15) is 6.61 Å². The Morgan fingerprint density at radius 1 is 1.33 bits per heavy atom. The van der Waals surface area contributed by atoms with E-state index in [2.05, 4.69) is 16.4 Å². The Bertz CT molecular complexity index is 605. The van der Waals surface area contributed by atoms with E-state index < -0.39 is 0 Å². The quantitative estimate of drug-likeness (QED) is 0.848. The highest BCUT2D eigenvalue weighted by Crippen LogP contribution is 2.29. The van der Waals surface area contributed by atoms with Crippen molar-refractivity contribution in [3.63, 3.8) is 0 Å². The van der Waals surface area contributed by atoms with E-state index in [0.717, 1.165) is 23.7 Å². The number of nitrogens with one attached hydrogen (secondary N) is 1. The van der Waals surface area contributed by atoms with Crippen LogP contribution in [-0.4, -0.2) is 22.7 Å². The van der Waals surface area contributed by atoms with Crippen molar-refractivity contribution >= 4 is 0 Å². The van der Waals surface area contributed by atoms with Crippen molar-refractivity contribution in [3.05, 3.63) is 42.0 Å². The highest BCUT2D eigenvalue weighted by atomic mass is 16.5. The standard InChI is InChI=1S/C16H21N3O2/c1-19-11-17-9-14(19)10-21-15-6-3-12(7-16(15)20-2)8-18-13-4-5-13/h3,6-7,9,11,13,18H,4-5,8,10H2,1-2H3. The summed E-state index contributed by atoms with van der Waals surface area (Å²) in [6.07, 6.45) is 6.16. The number of nitrogens with zero attached hydrogens (tertiary/aromatic N) is 2. The lowest BCUT2D eigenvalue weighted by Gasteiger charge is -2.12. The highest BCUT2D eigenvalue weighted by Gasteiger charge is 2.20. The van der Waals surface area contributed by atoms with Crippen LogP contribution in [0.4, 0.5) is 0 Å². The number of aryl methyl sites for hydroxylation is 1. The van der Waals surface area contributed by atoms with Gasteiger partial charge < -0.3 is 19.4 Å². The van der Waals surface area contributed by atoms with E-state index >= 15 is 0 Å². The van der Waals surface area contributed by atoms with Crippen LogP contribution in [0.25, 0.3) is 0 Å². The van der Waals surface area contributed by atoms with E-state index in [1.807, 2.05) is 23.7 Å². The van der Waals surface area contributed by atoms with Crippen LogP contribution in [0.3, 0.4) is 0 Å². The number of aromatic nitrogens is 2. The van der Waals surface area contributed by atoms with Gasteiger partial charge in [-0.05, 0) is 30.5 Å². The summed E-state index contributed by atoms with van der Waals surface area (Å²) in [6, 6.07) is 6.79. The molecular formula is C16H21N3O2. The topological polar surface area (TPSA) is 48.3 Å². The zero-order valence-electron chi connectivity index (χ0n) is 12.5. The van der Waals surface area contributed by atoms with Gasteiger partial charge >= 0.3 is 0 Å². The molecule has 0 bridgehead atoms. The van der Waals surface area contributed by atoms with Crippen LogP contribution in [0.2, 0.25) is 0 Å². The molecule has 1 N–H and O–H groups in total. The van der Waals surface area contributed by atoms with Gasteiger partial charge in [0, 0.05) is 19.6 Å². The SMILES string of the molecule is COc1cc(CNC2CC2)ccc1OCc1cncn1C. The Morgan fingerprint density at radius 2 is 2.19 bits per heavy atom. The van der Waals surface area contributed by atoms with Crippen LogP contribution in [0.15, 0.2) is 30.7 Å². The third-order valence-electron chi connectivity index (χ3n) is 3.69. The number of rotatable bonds is 7. The first-order chi connectivity index (χ1) is 10.3. The summed E-state index contributed by atoms with van der Waals surface area (Å²) in [6.45, 7) is 1.36. The average molecular weight is 287 g/mol. The van der Waals surface area contributed by atoms with Crippen molar-refractivity contribution in [1.29, 1.82) is 0 Å². The molecule has 5 heteroatoms. The predicted molar refractivity (Wildman–Crippen MR) is 80.4 cm³/mol. The third kappa shape index (κ3) is 3.55. The molecule has 1 aliphatic rings. The molecule has 112 valence electrons. The summed E-state index contributed by atoms with van der Waals surface area (Å²) in [5.74, 6) is 1.53. The number of benzene rings is 1. The maximum absolute atomic E-state index is 5.84. The van der Waals surface area contributed by atoms with Crippen molar-refractivity contribution in [3.8, 4) is 11.5 Å². The summed E-state index contributed by atoms with van der Waals surface area (Å²) in [7, 11) is 3.62. The highest BCUT2D eigenvalue weighted by molar-refractivity contribution is 5.43. The maximum atomic E-state index is 5.84. The van der Waals surface area contributed by atoms with Gasteiger partial charge in [0.2, 0.25) is 0 Å². The van der Waals surface area contributed by atoms with Crippen molar-refractivity contribution in [2.24, 2.45) is 7.05 Å². The first-order valence-electron chi connectivity index (χ1n) is 7.24. The van der Waals surface area contributed by atoms with Crippen LogP contribution in [0, 0.1) is 0 Å². The Kier molecular flexibility index (Phi) is 4.10. The maximum Gasteiger partial charge on any atom is 0.161 e. The number of hydrogen-bond donors (Lipinski definition) is 1. The molecule has 0 spiro atoms. The zero-order valence-corrected chi connectivity index (χ0v) is 12.5. The van der Waals surface area contributed by atoms with Crippen LogP contribution >= 0.6 is 0 Å². The molecule has 0 amide bonds. The number of ether oxygens (including phenoxy) is 2. The van der Waals surface area contributed by atoms with E-state index in [4.69, 9.17) is 9.47 Å². The van der Waals surface area contributed by atoms with Gasteiger partial charge in [0.15, 0.2) is 11.5 Å². The lowest BCUT2D eigenvalue weighted by molar-refractivity contribution is 0.277. The molecule has 1 aromatic heterocycles. The van der Waals surface area contributed by atoms with Crippen LogP contribution in [0.1, 0.15) is 24.1 Å².